The molecule has 6 nitrogen and oxygen atoms in total. The summed E-state index contributed by atoms with van der Waals surface area (Å²) in [5.41, 5.74) is 7.50. The van der Waals surface area contributed by atoms with E-state index in [1.165, 1.54) is 6.33 Å². The van der Waals surface area contributed by atoms with E-state index < -0.39 is 0 Å². The van der Waals surface area contributed by atoms with Crippen molar-refractivity contribution in [2.75, 3.05) is 17.7 Å². The summed E-state index contributed by atoms with van der Waals surface area (Å²) >= 11 is 0. The summed E-state index contributed by atoms with van der Waals surface area (Å²) in [5, 5.41) is 3.16. The highest BCUT2D eigenvalue weighted by Crippen LogP contribution is 2.24. The third kappa shape index (κ3) is 3.54. The molecule has 2 rings (SSSR count). The fourth-order valence-corrected chi connectivity index (χ4v) is 1.52. The van der Waals surface area contributed by atoms with E-state index in [4.69, 9.17) is 10.5 Å². The highest BCUT2D eigenvalue weighted by molar-refractivity contribution is 5.66. The van der Waals surface area contributed by atoms with Crippen LogP contribution in [-0.4, -0.2) is 21.6 Å². The van der Waals surface area contributed by atoms with Crippen LogP contribution in [0.1, 0.15) is 18.9 Å². The molecule has 0 bridgehead atoms. The summed E-state index contributed by atoms with van der Waals surface area (Å²) < 4.78 is 5.45. The summed E-state index contributed by atoms with van der Waals surface area (Å²) in [6.07, 6.45) is 5.84. The van der Waals surface area contributed by atoms with Crippen molar-refractivity contribution < 1.29 is 4.74 Å². The minimum Gasteiger partial charge on any atom is -0.476 e. The number of aromatic nitrogens is 3. The molecule has 0 saturated heterocycles. The Bertz CT molecular complexity index is 518. The number of nitrogens with zero attached hydrogens (tertiary/aromatic N) is 3. The van der Waals surface area contributed by atoms with Crippen LogP contribution >= 0.6 is 0 Å². The van der Waals surface area contributed by atoms with Crippen LogP contribution in [0.4, 0.5) is 11.5 Å². The van der Waals surface area contributed by atoms with Crippen molar-refractivity contribution in [3.05, 3.63) is 36.4 Å². The lowest BCUT2D eigenvalue weighted by Crippen LogP contribution is -2.08. The zero-order valence-corrected chi connectivity index (χ0v) is 10.8. The van der Waals surface area contributed by atoms with Crippen molar-refractivity contribution in [3.63, 3.8) is 0 Å². The van der Waals surface area contributed by atoms with E-state index in [2.05, 4.69) is 20.3 Å². The molecule has 0 radical (unpaired) electrons. The third-order valence-corrected chi connectivity index (χ3v) is 2.50. The van der Waals surface area contributed by atoms with E-state index in [9.17, 15) is 0 Å². The Morgan fingerprint density at radius 1 is 1.26 bits per heavy atom. The van der Waals surface area contributed by atoms with Gasteiger partial charge in [-0.15, -0.1) is 0 Å². The standard InChI is InChI=1S/C13H17N5O/c1-2-7-19-13-11(14)12(17-9-18-13)16-8-10-3-5-15-6-4-10/h3-6,9H,2,7-8,14H2,1H3,(H,16,17,18). The zero-order chi connectivity index (χ0) is 13.5. The number of pyridine rings is 1. The summed E-state index contributed by atoms with van der Waals surface area (Å²) in [6.45, 7) is 3.24. The van der Waals surface area contributed by atoms with Gasteiger partial charge in [0, 0.05) is 18.9 Å². The topological polar surface area (TPSA) is 86.0 Å². The number of hydrogen-bond donors (Lipinski definition) is 2. The van der Waals surface area contributed by atoms with Crippen LogP contribution in [0.5, 0.6) is 5.88 Å². The molecule has 0 unspecified atom stereocenters. The van der Waals surface area contributed by atoms with Gasteiger partial charge in [-0.25, -0.2) is 4.98 Å². The maximum atomic E-state index is 5.96. The lowest BCUT2D eigenvalue weighted by atomic mass is 10.3. The van der Waals surface area contributed by atoms with Gasteiger partial charge in [0.25, 0.3) is 0 Å². The molecular weight excluding hydrogens is 242 g/mol. The number of rotatable bonds is 6. The maximum absolute atomic E-state index is 5.96. The monoisotopic (exact) mass is 259 g/mol. The fourth-order valence-electron chi connectivity index (χ4n) is 1.52. The van der Waals surface area contributed by atoms with Gasteiger partial charge in [0.15, 0.2) is 5.82 Å². The molecule has 100 valence electrons. The van der Waals surface area contributed by atoms with Crippen molar-refractivity contribution in [3.8, 4) is 5.88 Å². The summed E-state index contributed by atoms with van der Waals surface area (Å²) in [4.78, 5) is 12.1. The molecule has 2 aromatic heterocycles. The van der Waals surface area contributed by atoms with Crippen LogP contribution in [0.25, 0.3) is 0 Å². The van der Waals surface area contributed by atoms with E-state index in [0.29, 0.717) is 30.5 Å². The maximum Gasteiger partial charge on any atom is 0.242 e. The second-order valence-corrected chi connectivity index (χ2v) is 4.00. The number of nitrogens with one attached hydrogen (secondary N) is 1. The molecule has 0 spiro atoms. The largest absolute Gasteiger partial charge is 0.476 e. The molecule has 0 atom stereocenters. The summed E-state index contributed by atoms with van der Waals surface area (Å²) in [6, 6.07) is 3.86. The van der Waals surface area contributed by atoms with Crippen LogP contribution in [-0.2, 0) is 6.54 Å². The third-order valence-electron chi connectivity index (χ3n) is 2.50. The first kappa shape index (κ1) is 13.1. The fraction of sp³-hybridized carbons (Fsp3) is 0.308. The highest BCUT2D eigenvalue weighted by atomic mass is 16.5. The van der Waals surface area contributed by atoms with Crippen molar-refractivity contribution in [1.82, 2.24) is 15.0 Å². The molecule has 0 aliphatic heterocycles. The minimum atomic E-state index is 0.425. The predicted molar refractivity (Wildman–Crippen MR) is 73.8 cm³/mol. The predicted octanol–water partition coefficient (Wildman–Crippen LogP) is 1.85. The average Bonchev–Trinajstić information content (AvgIpc) is 2.46. The van der Waals surface area contributed by atoms with E-state index in [-0.39, 0.29) is 0 Å². The van der Waals surface area contributed by atoms with Crippen molar-refractivity contribution in [2.45, 2.75) is 19.9 Å². The molecule has 0 aromatic carbocycles. The minimum absolute atomic E-state index is 0.425. The van der Waals surface area contributed by atoms with E-state index in [1.807, 2.05) is 19.1 Å². The van der Waals surface area contributed by atoms with Gasteiger partial charge in [-0.05, 0) is 24.1 Å². The highest BCUT2D eigenvalue weighted by Gasteiger charge is 2.08. The Hall–Kier alpha value is -2.37. The van der Waals surface area contributed by atoms with Crippen molar-refractivity contribution in [2.24, 2.45) is 0 Å². The Balaban J connectivity index is 2.04. The lowest BCUT2D eigenvalue weighted by molar-refractivity contribution is 0.306. The van der Waals surface area contributed by atoms with Crippen molar-refractivity contribution in [1.29, 1.82) is 0 Å². The Labute approximate surface area is 112 Å². The van der Waals surface area contributed by atoms with Crippen LogP contribution < -0.4 is 15.8 Å². The van der Waals surface area contributed by atoms with E-state index in [0.717, 1.165) is 12.0 Å². The smallest absolute Gasteiger partial charge is 0.242 e. The Morgan fingerprint density at radius 3 is 2.79 bits per heavy atom. The number of nitrogen functional groups attached to an aromatic ring is 1. The van der Waals surface area contributed by atoms with Gasteiger partial charge >= 0.3 is 0 Å². The number of anilines is 2. The van der Waals surface area contributed by atoms with Crippen LogP contribution in [0.15, 0.2) is 30.9 Å². The zero-order valence-electron chi connectivity index (χ0n) is 10.8. The SMILES string of the molecule is CCCOc1ncnc(NCc2ccncc2)c1N. The van der Waals surface area contributed by atoms with E-state index in [1.54, 1.807) is 12.4 Å². The van der Waals surface area contributed by atoms with Crippen LogP contribution in [0, 0.1) is 0 Å². The summed E-state index contributed by atoms with van der Waals surface area (Å²) in [5.74, 6) is 1.01. The van der Waals surface area contributed by atoms with Gasteiger partial charge in [-0.3, -0.25) is 4.98 Å². The first-order valence-electron chi connectivity index (χ1n) is 6.17. The molecule has 19 heavy (non-hydrogen) atoms. The van der Waals surface area contributed by atoms with Gasteiger partial charge in [0.2, 0.25) is 5.88 Å². The lowest BCUT2D eigenvalue weighted by Gasteiger charge is -2.11. The number of hydrogen-bond acceptors (Lipinski definition) is 6. The average molecular weight is 259 g/mol. The summed E-state index contributed by atoms with van der Waals surface area (Å²) in [7, 11) is 0. The quantitative estimate of drug-likeness (QED) is 0.823. The second-order valence-electron chi connectivity index (χ2n) is 4.00. The van der Waals surface area contributed by atoms with Gasteiger partial charge in [0.05, 0.1) is 6.61 Å². The molecule has 0 aliphatic carbocycles. The number of ether oxygens (including phenoxy) is 1. The van der Waals surface area contributed by atoms with Crippen LogP contribution in [0.3, 0.4) is 0 Å². The molecule has 2 aromatic rings. The second kappa shape index (κ2) is 6.53. The molecule has 0 saturated carbocycles. The van der Waals surface area contributed by atoms with Crippen LogP contribution in [0.2, 0.25) is 0 Å². The Kier molecular flexibility index (Phi) is 4.49. The number of nitrogens with two attached hydrogens (primary N) is 1. The molecule has 2 heterocycles. The van der Waals surface area contributed by atoms with Gasteiger partial charge < -0.3 is 15.8 Å². The first-order valence-corrected chi connectivity index (χ1v) is 6.17. The Morgan fingerprint density at radius 2 is 2.05 bits per heavy atom. The van der Waals surface area contributed by atoms with Gasteiger partial charge in [-0.1, -0.05) is 6.92 Å². The van der Waals surface area contributed by atoms with Crippen molar-refractivity contribution >= 4 is 11.5 Å². The molecular formula is C13H17N5O. The normalized spacial score (nSPS) is 10.2. The van der Waals surface area contributed by atoms with Gasteiger partial charge in [0.1, 0.15) is 12.0 Å². The molecule has 6 heteroatoms. The molecule has 0 aliphatic rings. The molecule has 0 amide bonds. The van der Waals surface area contributed by atoms with Gasteiger partial charge in [-0.2, -0.15) is 4.98 Å². The first-order chi connectivity index (χ1) is 9.31. The molecule has 0 fully saturated rings. The van der Waals surface area contributed by atoms with E-state index >= 15 is 0 Å². The molecule has 3 N–H and O–H groups in total.